The molecule has 6 aromatic carbocycles. The quantitative estimate of drug-likeness (QED) is 0.214. The minimum atomic E-state index is 0.629. The maximum Gasteiger partial charge on any atom is 0.165 e. The third-order valence-corrected chi connectivity index (χ3v) is 8.50. The van der Waals surface area contributed by atoms with Gasteiger partial charge in [0.05, 0.1) is 33.4 Å². The molecule has 0 aliphatic heterocycles. The minimum Gasteiger partial charge on any atom is -0.309 e. The summed E-state index contributed by atoms with van der Waals surface area (Å²) >= 11 is 0. The molecule has 0 radical (unpaired) electrons. The second kappa shape index (κ2) is 9.75. The van der Waals surface area contributed by atoms with Crippen LogP contribution in [-0.2, 0) is 0 Å². The highest BCUT2D eigenvalue weighted by atomic mass is 15.0. The van der Waals surface area contributed by atoms with Gasteiger partial charge in [-0.3, -0.25) is 0 Å². The number of rotatable bonds is 4. The van der Waals surface area contributed by atoms with Crippen LogP contribution in [0.25, 0.3) is 77.8 Å². The lowest BCUT2D eigenvalue weighted by atomic mass is 10.1. The van der Waals surface area contributed by atoms with Gasteiger partial charge in [0.1, 0.15) is 6.33 Å². The molecule has 0 aliphatic carbocycles. The standard InChI is InChI=1S/C39H25N5/c1-7-19-32-26(13-1)27-14-2-8-20-33(27)43(32)36-23-11-5-17-30(36)38-40-25-41-39(42-38)31-18-6-12-24-37(31)44-34-21-9-3-15-28(34)29-16-4-10-22-35(29)44/h1-25H. The van der Waals surface area contributed by atoms with Crippen molar-refractivity contribution in [3.05, 3.63) is 152 Å². The lowest BCUT2D eigenvalue weighted by Crippen LogP contribution is -2.03. The number of hydrogen-bond acceptors (Lipinski definition) is 3. The second-order valence-electron chi connectivity index (χ2n) is 10.9. The van der Waals surface area contributed by atoms with Gasteiger partial charge in [-0.05, 0) is 48.5 Å². The molecule has 5 nitrogen and oxygen atoms in total. The maximum absolute atomic E-state index is 5.13. The van der Waals surface area contributed by atoms with Crippen LogP contribution < -0.4 is 0 Å². The van der Waals surface area contributed by atoms with Gasteiger partial charge in [0.15, 0.2) is 11.6 Å². The molecule has 0 spiro atoms. The van der Waals surface area contributed by atoms with Gasteiger partial charge in [-0.1, -0.05) is 97.1 Å². The Bertz CT molecular complexity index is 2240. The molecular weight excluding hydrogens is 538 g/mol. The molecule has 0 atom stereocenters. The van der Waals surface area contributed by atoms with E-state index in [1.807, 2.05) is 12.1 Å². The van der Waals surface area contributed by atoms with Gasteiger partial charge in [-0.25, -0.2) is 15.0 Å². The SMILES string of the molecule is c1ccc(-n2c3ccccc3c3ccccc32)c(-c2ncnc(-c3ccccc3-n3c4ccccc4c4ccccc43)n2)c1. The van der Waals surface area contributed by atoms with E-state index >= 15 is 0 Å². The summed E-state index contributed by atoms with van der Waals surface area (Å²) in [5.41, 5.74) is 8.52. The summed E-state index contributed by atoms with van der Waals surface area (Å²) in [6, 6.07) is 50.9. The van der Waals surface area contributed by atoms with Gasteiger partial charge >= 0.3 is 0 Å². The van der Waals surface area contributed by atoms with Crippen molar-refractivity contribution in [3.8, 4) is 34.2 Å². The average Bonchev–Trinajstić information content (AvgIpc) is 3.61. The number of aromatic nitrogens is 5. The van der Waals surface area contributed by atoms with Crippen LogP contribution in [0.15, 0.2) is 152 Å². The molecule has 0 aliphatic rings. The lowest BCUT2D eigenvalue weighted by molar-refractivity contribution is 1.05. The molecule has 5 heteroatoms. The Balaban J connectivity index is 1.26. The molecule has 206 valence electrons. The molecule has 9 aromatic rings. The van der Waals surface area contributed by atoms with Gasteiger partial charge in [0, 0.05) is 32.7 Å². The van der Waals surface area contributed by atoms with Crippen molar-refractivity contribution in [2.24, 2.45) is 0 Å². The molecule has 44 heavy (non-hydrogen) atoms. The van der Waals surface area contributed by atoms with E-state index in [2.05, 4.69) is 143 Å². The van der Waals surface area contributed by atoms with E-state index in [-0.39, 0.29) is 0 Å². The van der Waals surface area contributed by atoms with E-state index in [0.717, 1.165) is 44.6 Å². The fourth-order valence-corrected chi connectivity index (χ4v) is 6.64. The smallest absolute Gasteiger partial charge is 0.165 e. The molecule has 0 amide bonds. The van der Waals surface area contributed by atoms with Gasteiger partial charge in [0.2, 0.25) is 0 Å². The second-order valence-corrected chi connectivity index (χ2v) is 10.9. The average molecular weight is 564 g/mol. The molecule has 0 bridgehead atoms. The first-order chi connectivity index (χ1) is 21.9. The summed E-state index contributed by atoms with van der Waals surface area (Å²) in [4.78, 5) is 14.6. The van der Waals surface area contributed by atoms with Crippen LogP contribution in [0.3, 0.4) is 0 Å². The Morgan fingerprint density at radius 1 is 0.341 bits per heavy atom. The Hall–Kier alpha value is -6.07. The van der Waals surface area contributed by atoms with E-state index in [9.17, 15) is 0 Å². The summed E-state index contributed by atoms with van der Waals surface area (Å²) in [6.07, 6.45) is 1.63. The van der Waals surface area contributed by atoms with Crippen LogP contribution in [-0.4, -0.2) is 24.1 Å². The van der Waals surface area contributed by atoms with E-state index in [4.69, 9.17) is 15.0 Å². The van der Waals surface area contributed by atoms with Crippen LogP contribution in [0.5, 0.6) is 0 Å². The molecular formula is C39H25N5. The Morgan fingerprint density at radius 3 is 1.05 bits per heavy atom. The molecule has 9 rings (SSSR count). The highest BCUT2D eigenvalue weighted by molar-refractivity contribution is 6.10. The Kier molecular flexibility index (Phi) is 5.43. The van der Waals surface area contributed by atoms with Crippen LogP contribution >= 0.6 is 0 Å². The molecule has 0 saturated carbocycles. The lowest BCUT2D eigenvalue weighted by Gasteiger charge is -2.15. The van der Waals surface area contributed by atoms with E-state index in [1.165, 1.54) is 21.5 Å². The van der Waals surface area contributed by atoms with Crippen molar-refractivity contribution in [3.63, 3.8) is 0 Å². The number of fused-ring (bicyclic) bond motifs is 6. The Morgan fingerprint density at radius 2 is 0.659 bits per heavy atom. The number of nitrogens with zero attached hydrogens (tertiary/aromatic N) is 5. The predicted octanol–water partition coefficient (Wildman–Crippen LogP) is 9.40. The van der Waals surface area contributed by atoms with Crippen molar-refractivity contribution in [1.29, 1.82) is 0 Å². The summed E-state index contributed by atoms with van der Waals surface area (Å²) < 4.78 is 4.63. The highest BCUT2D eigenvalue weighted by Gasteiger charge is 2.19. The van der Waals surface area contributed by atoms with E-state index < -0.39 is 0 Å². The van der Waals surface area contributed by atoms with Gasteiger partial charge in [-0.2, -0.15) is 0 Å². The highest BCUT2D eigenvalue weighted by Crippen LogP contribution is 2.37. The summed E-state index contributed by atoms with van der Waals surface area (Å²) in [7, 11) is 0. The maximum atomic E-state index is 5.13. The largest absolute Gasteiger partial charge is 0.309 e. The van der Waals surface area contributed by atoms with Crippen molar-refractivity contribution in [1.82, 2.24) is 24.1 Å². The van der Waals surface area contributed by atoms with Crippen molar-refractivity contribution in [2.75, 3.05) is 0 Å². The van der Waals surface area contributed by atoms with Crippen LogP contribution in [0.2, 0.25) is 0 Å². The normalized spacial score (nSPS) is 11.6. The summed E-state index contributed by atoms with van der Waals surface area (Å²) in [5, 5.41) is 4.87. The summed E-state index contributed by atoms with van der Waals surface area (Å²) in [6.45, 7) is 0. The first kappa shape index (κ1) is 24.5. The zero-order valence-corrected chi connectivity index (χ0v) is 23.7. The molecule has 0 N–H and O–H groups in total. The molecule has 3 aromatic heterocycles. The van der Waals surface area contributed by atoms with Gasteiger partial charge in [-0.15, -0.1) is 0 Å². The predicted molar refractivity (Wildman–Crippen MR) is 179 cm³/mol. The molecule has 0 saturated heterocycles. The van der Waals surface area contributed by atoms with Crippen LogP contribution in [0.4, 0.5) is 0 Å². The Labute approximate surface area is 253 Å². The number of benzene rings is 6. The third-order valence-electron chi connectivity index (χ3n) is 8.50. The molecule has 0 fully saturated rings. The molecule has 0 unspecified atom stereocenters. The third kappa shape index (κ3) is 3.63. The molecule has 3 heterocycles. The topological polar surface area (TPSA) is 48.5 Å². The van der Waals surface area contributed by atoms with Crippen molar-refractivity contribution in [2.45, 2.75) is 0 Å². The monoisotopic (exact) mass is 563 g/mol. The minimum absolute atomic E-state index is 0.629. The first-order valence-corrected chi connectivity index (χ1v) is 14.7. The fourth-order valence-electron chi connectivity index (χ4n) is 6.64. The first-order valence-electron chi connectivity index (χ1n) is 14.7. The number of para-hydroxylation sites is 6. The zero-order chi connectivity index (χ0) is 29.0. The van der Waals surface area contributed by atoms with Crippen LogP contribution in [0, 0.1) is 0 Å². The van der Waals surface area contributed by atoms with E-state index in [1.54, 1.807) is 6.33 Å². The number of hydrogen-bond donors (Lipinski definition) is 0. The van der Waals surface area contributed by atoms with Gasteiger partial charge < -0.3 is 9.13 Å². The van der Waals surface area contributed by atoms with Crippen molar-refractivity contribution >= 4 is 43.6 Å². The van der Waals surface area contributed by atoms with Crippen molar-refractivity contribution < 1.29 is 0 Å². The zero-order valence-electron chi connectivity index (χ0n) is 23.7. The van der Waals surface area contributed by atoms with Gasteiger partial charge in [0.25, 0.3) is 0 Å². The fraction of sp³-hybridized carbons (Fsp3) is 0. The van der Waals surface area contributed by atoms with Crippen LogP contribution in [0.1, 0.15) is 0 Å². The van der Waals surface area contributed by atoms with E-state index in [0.29, 0.717) is 11.6 Å². The summed E-state index contributed by atoms with van der Waals surface area (Å²) in [5.74, 6) is 1.26.